The molecule has 1 unspecified atom stereocenters. The fourth-order valence-corrected chi connectivity index (χ4v) is 4.10. The van der Waals surface area contributed by atoms with Crippen molar-refractivity contribution in [3.63, 3.8) is 0 Å². The fourth-order valence-electron chi connectivity index (χ4n) is 3.36. The Morgan fingerprint density at radius 3 is 1.66 bits per heavy atom. The van der Waals surface area contributed by atoms with Crippen molar-refractivity contribution in [1.82, 2.24) is 0 Å². The molecular weight excluding hydrogens is 385 g/mol. The van der Waals surface area contributed by atoms with Crippen LogP contribution in [0.1, 0.15) is 96.8 Å². The Morgan fingerprint density at radius 1 is 0.793 bits per heavy atom. The Bertz CT molecular complexity index is 429. The standard InChI is InChI=1S/C23H48NO4P/c1-5-7-8-9-10-11-12-13-14-15-16-17-18-19-22-27-29(25,26)28-23-21-24(3,4)20-6-2/h6H,2,5,7-23H2,1,3-4H3/p+1. The van der Waals surface area contributed by atoms with Crippen molar-refractivity contribution in [2.24, 2.45) is 0 Å². The molecule has 0 aliphatic carbocycles. The lowest BCUT2D eigenvalue weighted by atomic mass is 10.0. The highest BCUT2D eigenvalue weighted by molar-refractivity contribution is 7.47. The molecule has 0 heterocycles. The molecule has 5 nitrogen and oxygen atoms in total. The minimum atomic E-state index is -3.92. The summed E-state index contributed by atoms with van der Waals surface area (Å²) in [6.07, 6.45) is 19.8. The molecule has 0 aromatic carbocycles. The second-order valence-corrected chi connectivity index (χ2v) is 10.3. The maximum atomic E-state index is 11.9. The van der Waals surface area contributed by atoms with Crippen molar-refractivity contribution in [3.8, 4) is 0 Å². The number of hydrogen-bond acceptors (Lipinski definition) is 3. The molecule has 174 valence electrons. The van der Waals surface area contributed by atoms with Crippen LogP contribution in [-0.4, -0.2) is 49.8 Å². The topological polar surface area (TPSA) is 55.8 Å². The highest BCUT2D eigenvalue weighted by Gasteiger charge is 2.22. The largest absolute Gasteiger partial charge is 0.472 e. The van der Waals surface area contributed by atoms with Crippen LogP contribution in [0.4, 0.5) is 0 Å². The van der Waals surface area contributed by atoms with E-state index in [2.05, 4.69) is 13.5 Å². The van der Waals surface area contributed by atoms with Crippen molar-refractivity contribution in [1.29, 1.82) is 0 Å². The summed E-state index contributed by atoms with van der Waals surface area (Å²) >= 11 is 0. The zero-order chi connectivity index (χ0) is 21.8. The van der Waals surface area contributed by atoms with Gasteiger partial charge in [0, 0.05) is 0 Å². The normalized spacial score (nSPS) is 14.1. The summed E-state index contributed by atoms with van der Waals surface area (Å²) in [5.74, 6) is 0. The quantitative estimate of drug-likeness (QED) is 0.0875. The first-order valence-corrected chi connectivity index (χ1v) is 13.4. The van der Waals surface area contributed by atoms with Gasteiger partial charge in [-0.15, -0.1) is 0 Å². The summed E-state index contributed by atoms with van der Waals surface area (Å²) in [6.45, 7) is 7.90. The molecule has 0 amide bonds. The number of rotatable bonds is 22. The highest BCUT2D eigenvalue weighted by Crippen LogP contribution is 2.43. The number of phosphoric ester groups is 1. The van der Waals surface area contributed by atoms with Gasteiger partial charge in [0.2, 0.25) is 0 Å². The van der Waals surface area contributed by atoms with E-state index in [1.165, 1.54) is 77.0 Å². The minimum absolute atomic E-state index is 0.202. The van der Waals surface area contributed by atoms with Gasteiger partial charge in [-0.05, 0) is 12.5 Å². The predicted octanol–water partition coefficient (Wildman–Crippen LogP) is 6.86. The Labute approximate surface area is 181 Å². The van der Waals surface area contributed by atoms with Crippen LogP contribution in [0.5, 0.6) is 0 Å². The van der Waals surface area contributed by atoms with Crippen LogP contribution in [0, 0.1) is 0 Å². The van der Waals surface area contributed by atoms with Gasteiger partial charge >= 0.3 is 7.82 Å². The molecule has 29 heavy (non-hydrogen) atoms. The first kappa shape index (κ1) is 28.8. The van der Waals surface area contributed by atoms with Crippen LogP contribution in [0.3, 0.4) is 0 Å². The summed E-state index contributed by atoms with van der Waals surface area (Å²) in [5.41, 5.74) is 0. The van der Waals surface area contributed by atoms with Crippen LogP contribution in [0.2, 0.25) is 0 Å². The van der Waals surface area contributed by atoms with Gasteiger partial charge in [0.1, 0.15) is 13.2 Å². The Morgan fingerprint density at radius 2 is 1.21 bits per heavy atom. The van der Waals surface area contributed by atoms with E-state index in [0.717, 1.165) is 19.4 Å². The highest BCUT2D eigenvalue weighted by atomic mass is 31.2. The lowest BCUT2D eigenvalue weighted by Crippen LogP contribution is -2.42. The third kappa shape index (κ3) is 20.8. The van der Waals surface area contributed by atoms with Crippen molar-refractivity contribution in [3.05, 3.63) is 12.7 Å². The Kier molecular flexibility index (Phi) is 18.4. The van der Waals surface area contributed by atoms with Crippen LogP contribution in [-0.2, 0) is 13.6 Å². The molecule has 0 saturated heterocycles. The molecule has 0 aromatic heterocycles. The van der Waals surface area contributed by atoms with E-state index >= 15 is 0 Å². The van der Waals surface area contributed by atoms with E-state index in [9.17, 15) is 9.46 Å². The molecule has 0 aromatic rings. The van der Waals surface area contributed by atoms with Gasteiger partial charge in [0.15, 0.2) is 0 Å². The number of phosphoric acid groups is 1. The van der Waals surface area contributed by atoms with Gasteiger partial charge in [-0.3, -0.25) is 9.05 Å². The van der Waals surface area contributed by atoms with Crippen LogP contribution in [0.25, 0.3) is 0 Å². The molecule has 0 fully saturated rings. The number of hydrogen-bond donors (Lipinski definition) is 1. The first-order valence-electron chi connectivity index (χ1n) is 11.9. The van der Waals surface area contributed by atoms with Gasteiger partial charge < -0.3 is 9.38 Å². The molecule has 0 spiro atoms. The number of unbranched alkanes of at least 4 members (excludes halogenated alkanes) is 13. The molecular formula is C23H49NO4P+. The average Bonchev–Trinajstić information content (AvgIpc) is 2.64. The zero-order valence-corrected chi connectivity index (χ0v) is 20.5. The molecule has 0 saturated carbocycles. The molecule has 0 aliphatic heterocycles. The third-order valence-electron chi connectivity index (χ3n) is 5.33. The van der Waals surface area contributed by atoms with E-state index < -0.39 is 7.82 Å². The molecule has 0 aliphatic rings. The van der Waals surface area contributed by atoms with Gasteiger partial charge in [0.25, 0.3) is 0 Å². The smallest absolute Gasteiger partial charge is 0.323 e. The maximum absolute atomic E-state index is 11.9. The second kappa shape index (κ2) is 18.6. The number of nitrogens with zero attached hydrogens (tertiary/aromatic N) is 1. The fraction of sp³-hybridized carbons (Fsp3) is 0.913. The van der Waals surface area contributed by atoms with E-state index in [1.54, 1.807) is 0 Å². The second-order valence-electron chi connectivity index (χ2n) is 8.86. The minimum Gasteiger partial charge on any atom is -0.323 e. The van der Waals surface area contributed by atoms with Crippen LogP contribution >= 0.6 is 7.82 Å². The van der Waals surface area contributed by atoms with Gasteiger partial charge in [-0.2, -0.15) is 0 Å². The van der Waals surface area contributed by atoms with Gasteiger partial charge in [-0.1, -0.05) is 97.0 Å². The van der Waals surface area contributed by atoms with Gasteiger partial charge in [0.05, 0.1) is 27.2 Å². The van der Waals surface area contributed by atoms with Crippen molar-refractivity contribution >= 4 is 7.82 Å². The molecule has 1 N–H and O–H groups in total. The summed E-state index contributed by atoms with van der Waals surface area (Å²) in [6, 6.07) is 0. The van der Waals surface area contributed by atoms with E-state index in [0.29, 0.717) is 11.0 Å². The lowest BCUT2D eigenvalue weighted by molar-refractivity contribution is -0.884. The summed E-state index contributed by atoms with van der Waals surface area (Å²) < 4.78 is 22.7. The monoisotopic (exact) mass is 434 g/mol. The Balaban J connectivity index is 3.42. The lowest BCUT2D eigenvalue weighted by Gasteiger charge is -2.28. The number of quaternary nitrogens is 1. The molecule has 1 atom stereocenters. The maximum Gasteiger partial charge on any atom is 0.472 e. The predicted molar refractivity (Wildman–Crippen MR) is 124 cm³/mol. The van der Waals surface area contributed by atoms with Crippen LogP contribution in [0.15, 0.2) is 12.7 Å². The van der Waals surface area contributed by atoms with E-state index in [1.807, 2.05) is 20.2 Å². The SMILES string of the molecule is C=CC[N+](C)(C)CCOP(=O)(O)OCCCCCCCCCCCCCCCC. The molecule has 0 bridgehead atoms. The first-order chi connectivity index (χ1) is 13.8. The zero-order valence-electron chi connectivity index (χ0n) is 19.6. The summed E-state index contributed by atoms with van der Waals surface area (Å²) in [4.78, 5) is 9.73. The number of likely N-dealkylation sites (N-methyl/N-ethyl adjacent to an activating group) is 1. The van der Waals surface area contributed by atoms with Crippen molar-refractivity contribution in [2.45, 2.75) is 96.8 Å². The molecule has 6 heteroatoms. The van der Waals surface area contributed by atoms with Crippen molar-refractivity contribution in [2.75, 3.05) is 40.4 Å². The molecule has 0 radical (unpaired) electrons. The Hall–Kier alpha value is -0.190. The van der Waals surface area contributed by atoms with Gasteiger partial charge in [-0.25, -0.2) is 4.57 Å². The molecule has 0 rings (SSSR count). The van der Waals surface area contributed by atoms with E-state index in [4.69, 9.17) is 9.05 Å². The van der Waals surface area contributed by atoms with Crippen LogP contribution < -0.4 is 0 Å². The summed E-state index contributed by atoms with van der Waals surface area (Å²) in [7, 11) is 0.141. The van der Waals surface area contributed by atoms with Crippen molar-refractivity contribution < 1.29 is 23.0 Å². The third-order valence-corrected chi connectivity index (χ3v) is 6.34. The van der Waals surface area contributed by atoms with E-state index in [-0.39, 0.29) is 13.2 Å². The average molecular weight is 435 g/mol. The summed E-state index contributed by atoms with van der Waals surface area (Å²) in [5, 5.41) is 0.